The number of hydrogen-bond donors (Lipinski definition) is 0. The summed E-state index contributed by atoms with van der Waals surface area (Å²) in [6, 6.07) is 88.6. The average Bonchev–Trinajstić information content (AvgIpc) is 3.34. The van der Waals surface area contributed by atoms with E-state index in [4.69, 9.17) is 18.8 Å². The third-order valence-corrected chi connectivity index (χ3v) is 20.5. The quantitative estimate of drug-likeness (QED) is 0.0537. The van der Waals surface area contributed by atoms with Crippen LogP contribution in [-0.4, -0.2) is 24.6 Å². The Morgan fingerprint density at radius 1 is 0.262 bits per heavy atom. The molecule has 0 aliphatic rings. The van der Waals surface area contributed by atoms with Crippen LogP contribution in [0.2, 0.25) is 0 Å². The Kier molecular flexibility index (Phi) is 33.1. The molecule has 65 heavy (non-hydrogen) atoms. The first-order valence-corrected chi connectivity index (χ1v) is 32.3. The van der Waals surface area contributed by atoms with Gasteiger partial charge in [0, 0.05) is 21.1 Å². The van der Waals surface area contributed by atoms with Crippen molar-refractivity contribution in [3.63, 3.8) is 0 Å². The van der Waals surface area contributed by atoms with Crippen LogP contribution >= 0.6 is 50.5 Å². The summed E-state index contributed by atoms with van der Waals surface area (Å²) in [7, 11) is 8.51. The van der Waals surface area contributed by atoms with Crippen molar-refractivity contribution < 1.29 is 58.6 Å². The van der Waals surface area contributed by atoms with Gasteiger partial charge in [0.05, 0.1) is 0 Å². The molecule has 0 aliphatic carbocycles. The van der Waals surface area contributed by atoms with Crippen molar-refractivity contribution in [1.82, 2.24) is 0 Å². The largest absolute Gasteiger partial charge is 2.00 e. The molecule has 0 unspecified atom stereocenters. The Morgan fingerprint density at radius 2 is 0.369 bits per heavy atom. The first kappa shape index (κ1) is 59.9. The number of thiol groups is 2. The zero-order valence-electron chi connectivity index (χ0n) is 35.7. The van der Waals surface area contributed by atoms with Gasteiger partial charge in [0.15, 0.2) is 0 Å². The summed E-state index contributed by atoms with van der Waals surface area (Å²) < 4.78 is 0. The first-order chi connectivity index (χ1) is 30.2. The van der Waals surface area contributed by atoms with E-state index in [1.54, 1.807) is 0 Å². The monoisotopic (exact) mass is 1550 g/mol. The molecule has 0 N–H and O–H groups in total. The molecule has 0 saturated carbocycles. The van der Waals surface area contributed by atoms with Gasteiger partial charge in [-0.1, -0.05) is 243 Å². The van der Waals surface area contributed by atoms with Crippen LogP contribution < -0.4 is 42.4 Å². The Balaban J connectivity index is 0.000000398. The van der Waals surface area contributed by atoms with Crippen LogP contribution in [-0.2, 0) is 85.6 Å². The molecule has 11 heteroatoms. The van der Waals surface area contributed by atoms with E-state index in [0.29, 0.717) is 0 Å². The fraction of sp³-hybridized carbons (Fsp3) is 0.111. The maximum Gasteiger partial charge on any atom is 2.00 e. The second-order valence-corrected chi connectivity index (χ2v) is 26.7. The van der Waals surface area contributed by atoms with Crippen LogP contribution in [0.4, 0.5) is 0 Å². The molecule has 0 aliphatic heterocycles. The van der Waals surface area contributed by atoms with Gasteiger partial charge in [0.25, 0.3) is 0 Å². The third-order valence-electron chi connectivity index (χ3n) is 10.1. The smallest absolute Gasteiger partial charge is 0.813 e. The normalized spacial score (nSPS) is 10.2. The van der Waals surface area contributed by atoms with E-state index in [1.165, 1.54) is 79.9 Å². The molecular weight excluding hydrogens is 1490 g/mol. The van der Waals surface area contributed by atoms with E-state index >= 15 is 0 Å². The molecule has 8 aromatic rings. The van der Waals surface area contributed by atoms with Crippen molar-refractivity contribution in [1.29, 1.82) is 0 Å². The summed E-state index contributed by atoms with van der Waals surface area (Å²) in [6.45, 7) is 0. The van der Waals surface area contributed by atoms with Crippen molar-refractivity contribution in [2.24, 2.45) is 0 Å². The SMILES string of the molecule is [Cl][Pt][Cl].[Pt+2].[Pt].[SH-].[SH-].c1ccc(P(CCCP(c2ccccc2)c2ccccc2)c2ccccc2)cc1.c1ccc(P(CCCP(c2ccccc2)c2ccccc2)c2ccccc2)cc1. The van der Waals surface area contributed by atoms with E-state index in [2.05, 4.69) is 243 Å². The Hall–Kier alpha value is -1.18. The predicted molar refractivity (Wildman–Crippen MR) is 294 cm³/mol. The fourth-order valence-corrected chi connectivity index (χ4v) is 17.2. The molecule has 0 bridgehead atoms. The minimum Gasteiger partial charge on any atom is -0.813 e. The van der Waals surface area contributed by atoms with Crippen molar-refractivity contribution in [3.05, 3.63) is 243 Å². The average molecular weight is 1550 g/mol. The van der Waals surface area contributed by atoms with Crippen molar-refractivity contribution in [3.8, 4) is 0 Å². The number of hydrogen-bond acceptors (Lipinski definition) is 2. The van der Waals surface area contributed by atoms with Crippen LogP contribution in [0.3, 0.4) is 0 Å². The van der Waals surface area contributed by atoms with E-state index in [1.807, 2.05) is 0 Å². The van der Waals surface area contributed by atoms with Gasteiger partial charge in [-0.2, -0.15) is 0 Å². The maximum absolute atomic E-state index is 4.88. The summed E-state index contributed by atoms with van der Waals surface area (Å²) in [4.78, 5) is 0. The summed E-state index contributed by atoms with van der Waals surface area (Å²) in [5.41, 5.74) is 0. The van der Waals surface area contributed by atoms with Crippen molar-refractivity contribution in [2.75, 3.05) is 24.6 Å². The van der Waals surface area contributed by atoms with Crippen LogP contribution in [0.15, 0.2) is 243 Å². The molecular formula is C54H54Cl2P4Pt3S2. The molecule has 346 valence electrons. The molecule has 0 amide bonds. The van der Waals surface area contributed by atoms with Gasteiger partial charge >= 0.3 is 56.4 Å². The van der Waals surface area contributed by atoms with Gasteiger partial charge < -0.3 is 27.0 Å². The Labute approximate surface area is 453 Å². The molecule has 0 atom stereocenters. The van der Waals surface area contributed by atoms with Crippen LogP contribution in [0, 0.1) is 0 Å². The van der Waals surface area contributed by atoms with E-state index in [0.717, 1.165) is 0 Å². The molecule has 0 spiro atoms. The Bertz CT molecular complexity index is 1840. The van der Waals surface area contributed by atoms with Crippen LogP contribution in [0.1, 0.15) is 12.8 Å². The van der Waals surface area contributed by atoms with Gasteiger partial charge in [0.1, 0.15) is 0 Å². The number of rotatable bonds is 16. The summed E-state index contributed by atoms with van der Waals surface area (Å²) >= 11 is -0.472. The van der Waals surface area contributed by atoms with Crippen LogP contribution in [0.5, 0.6) is 0 Å². The van der Waals surface area contributed by atoms with Gasteiger partial charge in [-0.05, 0) is 112 Å². The standard InChI is InChI=1S/2C27H26P2.2ClH.3Pt.2H2S/c2*1-5-14-24(15-6-1)28(25-16-7-2-8-17-25)22-13-23-29(26-18-9-3-10-19-26)27-20-11-4-12-21-27;;;;;;;/h2*1-12,14-21H,13,22-23H2;2*1H;;;;2*1H2/q;;;;;2*+2;;/p-4. The number of halogens is 2. The second-order valence-electron chi connectivity index (χ2n) is 14.0. The molecule has 8 rings (SSSR count). The molecule has 0 fully saturated rings. The molecule has 0 heterocycles. The minimum atomic E-state index is -0.472. The molecule has 0 nitrogen and oxygen atoms in total. The molecule has 0 aromatic heterocycles. The van der Waals surface area contributed by atoms with Gasteiger partial charge in [-0.3, -0.25) is 0 Å². The number of benzene rings is 8. The van der Waals surface area contributed by atoms with Gasteiger partial charge in [0.2, 0.25) is 0 Å². The summed E-state index contributed by atoms with van der Waals surface area (Å²) in [5, 5.41) is 11.9. The predicted octanol–water partition coefficient (Wildman–Crippen LogP) is 12.1. The van der Waals surface area contributed by atoms with E-state index < -0.39 is 16.5 Å². The third kappa shape index (κ3) is 20.4. The maximum atomic E-state index is 4.88. The minimum absolute atomic E-state index is 0. The first-order valence-electron chi connectivity index (χ1n) is 20.6. The zero-order valence-corrected chi connectivity index (χ0v) is 49.4. The van der Waals surface area contributed by atoms with Crippen LogP contribution in [0.25, 0.3) is 0 Å². The zero-order chi connectivity index (χ0) is 42.2. The Morgan fingerprint density at radius 3 is 0.477 bits per heavy atom. The fourth-order valence-electron chi connectivity index (χ4n) is 7.27. The van der Waals surface area contributed by atoms with Crippen molar-refractivity contribution in [2.45, 2.75) is 12.8 Å². The summed E-state index contributed by atoms with van der Waals surface area (Å²) in [6.07, 6.45) is 7.43. The van der Waals surface area contributed by atoms with E-state index in [-0.39, 0.29) is 101 Å². The van der Waals surface area contributed by atoms with E-state index in [9.17, 15) is 0 Å². The molecule has 0 saturated heterocycles. The second kappa shape index (κ2) is 35.9. The summed E-state index contributed by atoms with van der Waals surface area (Å²) in [5.74, 6) is 0. The van der Waals surface area contributed by atoms with Gasteiger partial charge in [-0.15, -0.1) is 0 Å². The van der Waals surface area contributed by atoms with Crippen molar-refractivity contribution >= 4 is 120 Å². The van der Waals surface area contributed by atoms with Gasteiger partial charge in [-0.25, -0.2) is 0 Å². The molecule has 0 radical (unpaired) electrons. The topological polar surface area (TPSA) is 0 Å². The molecule has 8 aromatic carbocycles.